The Bertz CT molecular complexity index is 1190. The van der Waals surface area contributed by atoms with Crippen molar-refractivity contribution in [2.24, 2.45) is 5.41 Å². The predicted molar refractivity (Wildman–Crippen MR) is 116 cm³/mol. The average molecular weight is 416 g/mol. The van der Waals surface area contributed by atoms with Gasteiger partial charge in [0.1, 0.15) is 11.4 Å². The molecule has 4 nitrogen and oxygen atoms in total. The minimum Gasteiger partial charge on any atom is -0.346 e. The highest BCUT2D eigenvalue weighted by Crippen LogP contribution is 2.61. The molecule has 1 saturated heterocycles. The highest BCUT2D eigenvalue weighted by atomic mass is 19.1. The number of hydrogen-bond donors (Lipinski definition) is 0. The lowest BCUT2D eigenvalue weighted by Gasteiger charge is -2.42. The van der Waals surface area contributed by atoms with E-state index >= 15 is 0 Å². The summed E-state index contributed by atoms with van der Waals surface area (Å²) in [5, 5.41) is 4.62. The lowest BCUT2D eigenvalue weighted by atomic mass is 9.72. The third-order valence-corrected chi connectivity index (χ3v) is 7.44. The molecule has 2 heterocycles. The summed E-state index contributed by atoms with van der Waals surface area (Å²) in [6.45, 7) is 4.94. The molecule has 2 fully saturated rings. The van der Waals surface area contributed by atoms with Gasteiger partial charge in [0.15, 0.2) is 5.79 Å². The van der Waals surface area contributed by atoms with Crippen molar-refractivity contribution in [2.45, 2.75) is 44.5 Å². The fourth-order valence-corrected chi connectivity index (χ4v) is 5.60. The Morgan fingerprint density at radius 1 is 1.03 bits per heavy atom. The molecular formula is C26H25FN2O2. The molecule has 6 rings (SSSR count). The van der Waals surface area contributed by atoms with Crippen LogP contribution in [-0.4, -0.2) is 22.2 Å². The maximum atomic E-state index is 13.4. The van der Waals surface area contributed by atoms with Gasteiger partial charge in [-0.05, 0) is 61.2 Å². The van der Waals surface area contributed by atoms with Gasteiger partial charge in [-0.25, -0.2) is 9.07 Å². The number of benzene rings is 2. The Hall–Kier alpha value is -2.76. The van der Waals surface area contributed by atoms with Gasteiger partial charge < -0.3 is 9.47 Å². The molecule has 0 bridgehead atoms. The highest BCUT2D eigenvalue weighted by molar-refractivity contribution is 5.62. The number of rotatable bonds is 2. The summed E-state index contributed by atoms with van der Waals surface area (Å²) < 4.78 is 28.7. The van der Waals surface area contributed by atoms with Crippen LogP contribution in [0.25, 0.3) is 11.8 Å². The van der Waals surface area contributed by atoms with Crippen LogP contribution < -0.4 is 0 Å². The van der Waals surface area contributed by atoms with E-state index in [1.54, 1.807) is 12.1 Å². The first kappa shape index (κ1) is 19.0. The molecule has 158 valence electrons. The van der Waals surface area contributed by atoms with E-state index in [0.717, 1.165) is 41.8 Å². The number of nitrogens with zero attached hydrogens (tertiary/aromatic N) is 2. The molecule has 2 aromatic carbocycles. The van der Waals surface area contributed by atoms with Crippen molar-refractivity contribution in [3.63, 3.8) is 0 Å². The van der Waals surface area contributed by atoms with Crippen molar-refractivity contribution in [3.8, 4) is 5.69 Å². The van der Waals surface area contributed by atoms with Crippen LogP contribution in [0, 0.1) is 11.2 Å². The first-order valence-electron chi connectivity index (χ1n) is 10.9. The summed E-state index contributed by atoms with van der Waals surface area (Å²) in [6.07, 6.45) is 6.74. The molecule has 2 aliphatic carbocycles. The normalized spacial score (nSPS) is 31.5. The van der Waals surface area contributed by atoms with E-state index in [-0.39, 0.29) is 11.2 Å². The van der Waals surface area contributed by atoms with Gasteiger partial charge >= 0.3 is 0 Å². The molecule has 3 aromatic rings. The SMILES string of the molecule is C[C@]1(c2ccccc2)CO[C@@]2(CCC3=Cc4c(cnn4-c4ccc(F)cc4)C[C@@]32C)O1. The van der Waals surface area contributed by atoms with Crippen molar-refractivity contribution in [1.82, 2.24) is 9.78 Å². The van der Waals surface area contributed by atoms with Gasteiger partial charge in [0.2, 0.25) is 0 Å². The molecule has 1 spiro atoms. The summed E-state index contributed by atoms with van der Waals surface area (Å²) in [5.41, 5.74) is 4.87. The van der Waals surface area contributed by atoms with Gasteiger partial charge in [-0.2, -0.15) is 5.10 Å². The smallest absolute Gasteiger partial charge is 0.179 e. The van der Waals surface area contributed by atoms with Crippen LogP contribution in [0.3, 0.4) is 0 Å². The monoisotopic (exact) mass is 416 g/mol. The highest BCUT2D eigenvalue weighted by Gasteiger charge is 2.64. The Balaban J connectivity index is 1.37. The zero-order chi connectivity index (χ0) is 21.3. The second kappa shape index (κ2) is 6.38. The van der Waals surface area contributed by atoms with E-state index in [9.17, 15) is 4.39 Å². The largest absolute Gasteiger partial charge is 0.346 e. The third kappa shape index (κ3) is 2.63. The van der Waals surface area contributed by atoms with Crippen LogP contribution in [0.2, 0.25) is 0 Å². The first-order valence-corrected chi connectivity index (χ1v) is 10.9. The Kier molecular flexibility index (Phi) is 3.90. The molecular weight excluding hydrogens is 391 g/mol. The molecule has 3 aliphatic rings. The second-order valence-corrected chi connectivity index (χ2v) is 9.36. The number of ether oxygens (including phenoxy) is 2. The van der Waals surface area contributed by atoms with E-state index in [2.05, 4.69) is 37.2 Å². The van der Waals surface area contributed by atoms with E-state index in [0.29, 0.717) is 6.61 Å². The maximum Gasteiger partial charge on any atom is 0.179 e. The molecule has 31 heavy (non-hydrogen) atoms. The van der Waals surface area contributed by atoms with Crippen molar-refractivity contribution in [1.29, 1.82) is 0 Å². The maximum absolute atomic E-state index is 13.4. The molecule has 3 atom stereocenters. The quantitative estimate of drug-likeness (QED) is 0.560. The molecule has 0 N–H and O–H groups in total. The van der Waals surface area contributed by atoms with Crippen LogP contribution >= 0.6 is 0 Å². The molecule has 0 radical (unpaired) electrons. The minimum atomic E-state index is -0.640. The van der Waals surface area contributed by atoms with Gasteiger partial charge in [0.05, 0.1) is 24.2 Å². The van der Waals surface area contributed by atoms with E-state index in [4.69, 9.17) is 9.47 Å². The van der Waals surface area contributed by atoms with E-state index < -0.39 is 11.4 Å². The van der Waals surface area contributed by atoms with Crippen molar-refractivity contribution >= 4 is 6.08 Å². The van der Waals surface area contributed by atoms with Gasteiger partial charge in [0.25, 0.3) is 0 Å². The predicted octanol–water partition coefficient (Wildman–Crippen LogP) is 5.41. The van der Waals surface area contributed by atoms with Gasteiger partial charge in [-0.3, -0.25) is 0 Å². The molecule has 0 amide bonds. The zero-order valence-electron chi connectivity index (χ0n) is 17.8. The van der Waals surface area contributed by atoms with Crippen LogP contribution in [0.15, 0.2) is 66.4 Å². The zero-order valence-corrected chi connectivity index (χ0v) is 17.8. The van der Waals surface area contributed by atoms with Crippen LogP contribution in [0.5, 0.6) is 0 Å². The minimum absolute atomic E-state index is 0.245. The average Bonchev–Trinajstić information content (AvgIpc) is 3.43. The summed E-state index contributed by atoms with van der Waals surface area (Å²) in [6, 6.07) is 16.8. The van der Waals surface area contributed by atoms with Crippen molar-refractivity contribution in [2.75, 3.05) is 6.61 Å². The number of fused-ring (bicyclic) bond motifs is 3. The Labute approximate surface area is 181 Å². The molecule has 0 unspecified atom stereocenters. The Morgan fingerprint density at radius 2 is 1.81 bits per heavy atom. The summed E-state index contributed by atoms with van der Waals surface area (Å²) in [7, 11) is 0. The summed E-state index contributed by atoms with van der Waals surface area (Å²) >= 11 is 0. The molecule has 1 aliphatic heterocycles. The summed E-state index contributed by atoms with van der Waals surface area (Å²) in [5.74, 6) is -0.885. The van der Waals surface area contributed by atoms with E-state index in [1.165, 1.54) is 17.7 Å². The van der Waals surface area contributed by atoms with E-state index in [1.807, 2.05) is 29.1 Å². The van der Waals surface area contributed by atoms with Crippen LogP contribution in [0.1, 0.15) is 43.5 Å². The standard InChI is InChI=1S/C26H25FN2O2/c1-24-15-18-16-28-29(22-10-8-21(27)9-11-22)23(18)14-20(24)12-13-26(24)30-17-25(2,31-26)19-6-4-3-5-7-19/h3-11,14,16H,12-13,15,17H2,1-2H3/t24-,25+,26-/m0/s1. The molecule has 5 heteroatoms. The van der Waals surface area contributed by atoms with Crippen molar-refractivity contribution < 1.29 is 13.9 Å². The topological polar surface area (TPSA) is 36.3 Å². The first-order chi connectivity index (χ1) is 14.9. The van der Waals surface area contributed by atoms with Crippen LogP contribution in [-0.2, 0) is 21.5 Å². The second-order valence-electron chi connectivity index (χ2n) is 9.36. The van der Waals surface area contributed by atoms with Crippen molar-refractivity contribution in [3.05, 3.63) is 89.0 Å². The summed E-state index contributed by atoms with van der Waals surface area (Å²) in [4.78, 5) is 0. The van der Waals surface area contributed by atoms with Gasteiger partial charge in [-0.15, -0.1) is 0 Å². The third-order valence-electron chi connectivity index (χ3n) is 7.44. The fraction of sp³-hybridized carbons (Fsp3) is 0.346. The number of hydrogen-bond acceptors (Lipinski definition) is 3. The lowest BCUT2D eigenvalue weighted by Crippen LogP contribution is -2.47. The molecule has 1 saturated carbocycles. The lowest BCUT2D eigenvalue weighted by molar-refractivity contribution is -0.233. The Morgan fingerprint density at radius 3 is 2.58 bits per heavy atom. The molecule has 1 aromatic heterocycles. The van der Waals surface area contributed by atoms with Gasteiger partial charge in [0, 0.05) is 11.8 Å². The van der Waals surface area contributed by atoms with Gasteiger partial charge in [-0.1, -0.05) is 42.8 Å². The fourth-order valence-electron chi connectivity index (χ4n) is 5.60. The van der Waals surface area contributed by atoms with Crippen LogP contribution in [0.4, 0.5) is 4.39 Å². The number of halogens is 1. The number of aromatic nitrogens is 2.